The molecule has 1 spiro atoms. The van der Waals surface area contributed by atoms with Crippen molar-refractivity contribution >= 4 is 46.2 Å². The molecular weight excluding hydrogens is 569 g/mol. The predicted molar refractivity (Wildman–Crippen MR) is 192 cm³/mol. The van der Waals surface area contributed by atoms with E-state index in [2.05, 4.69) is 81.4 Å². The number of aromatic nitrogens is 2. The third-order valence-electron chi connectivity index (χ3n) is 11.4. The van der Waals surface area contributed by atoms with Crippen LogP contribution in [0.1, 0.15) is 79.8 Å². The molecule has 0 amide bonds. The average Bonchev–Trinajstić information content (AvgIpc) is 3.60. The lowest BCUT2D eigenvalue weighted by Crippen LogP contribution is -2.65. The molecule has 0 bridgehead atoms. The standard InChI is InChI=1S/C36H45B3N4O3/c1-23(2)28-6-4-5-7-30(28)35(37)11-12-36(38,39)43(35)26-20-34(21-26)13-16-42(17-14-34)25-8-9-29(33(44)45-3)31(19-25)46-27-18-24-10-15-40-32(24)41-22-27/h4-10,15,18-19,22-23,26H,11-14,16-17,20-21,37-39H2,1-3H3,(H,40,41). The fraction of sp³-hybridized carbons (Fsp3) is 0.444. The summed E-state index contributed by atoms with van der Waals surface area (Å²) < 4.78 is 11.4. The number of esters is 1. The lowest BCUT2D eigenvalue weighted by atomic mass is 9.54. The quantitative estimate of drug-likeness (QED) is 0.244. The van der Waals surface area contributed by atoms with E-state index in [4.69, 9.17) is 9.47 Å². The molecule has 46 heavy (non-hydrogen) atoms. The highest BCUT2D eigenvalue weighted by molar-refractivity contribution is 6.40. The lowest BCUT2D eigenvalue weighted by Gasteiger charge is -2.61. The zero-order valence-electron chi connectivity index (χ0n) is 28.2. The number of hydrogen-bond donors (Lipinski definition) is 1. The van der Waals surface area contributed by atoms with Gasteiger partial charge in [0, 0.05) is 47.9 Å². The molecule has 4 aromatic rings. The maximum Gasteiger partial charge on any atom is 0.341 e. The average molecular weight is 614 g/mol. The van der Waals surface area contributed by atoms with Gasteiger partial charge >= 0.3 is 5.97 Å². The van der Waals surface area contributed by atoms with E-state index in [0.717, 1.165) is 29.8 Å². The summed E-state index contributed by atoms with van der Waals surface area (Å²) in [5, 5.41) is 1.14. The molecule has 3 fully saturated rings. The Morgan fingerprint density at radius 2 is 1.76 bits per heavy atom. The second-order valence-corrected chi connectivity index (χ2v) is 15.1. The Morgan fingerprint density at radius 3 is 2.50 bits per heavy atom. The van der Waals surface area contributed by atoms with Gasteiger partial charge in [0.25, 0.3) is 0 Å². The summed E-state index contributed by atoms with van der Waals surface area (Å²) in [5.41, 5.74) is 5.78. The van der Waals surface area contributed by atoms with E-state index in [1.807, 2.05) is 36.5 Å². The van der Waals surface area contributed by atoms with E-state index < -0.39 is 5.97 Å². The molecule has 4 heterocycles. The van der Waals surface area contributed by atoms with Crippen LogP contribution in [-0.4, -0.2) is 76.0 Å². The molecule has 7 rings (SSSR count). The Morgan fingerprint density at radius 1 is 1.00 bits per heavy atom. The van der Waals surface area contributed by atoms with E-state index in [1.54, 1.807) is 6.20 Å². The molecule has 236 valence electrons. The highest BCUT2D eigenvalue weighted by Crippen LogP contribution is 2.57. The van der Waals surface area contributed by atoms with Crippen molar-refractivity contribution in [2.24, 2.45) is 5.41 Å². The zero-order valence-corrected chi connectivity index (χ0v) is 28.2. The van der Waals surface area contributed by atoms with Crippen LogP contribution in [0.15, 0.2) is 67.0 Å². The van der Waals surface area contributed by atoms with E-state index >= 15 is 0 Å². The van der Waals surface area contributed by atoms with Crippen molar-refractivity contribution in [2.45, 2.75) is 75.1 Å². The van der Waals surface area contributed by atoms with E-state index in [9.17, 15) is 4.79 Å². The van der Waals surface area contributed by atoms with Crippen LogP contribution >= 0.6 is 0 Å². The number of fused-ring (bicyclic) bond motifs is 1. The van der Waals surface area contributed by atoms with Crippen LogP contribution in [0.5, 0.6) is 11.5 Å². The van der Waals surface area contributed by atoms with Gasteiger partial charge in [-0.15, -0.1) is 0 Å². The monoisotopic (exact) mass is 614 g/mol. The fourth-order valence-corrected chi connectivity index (χ4v) is 9.05. The number of aromatic amines is 1. The number of rotatable bonds is 7. The van der Waals surface area contributed by atoms with Crippen LogP contribution in [0.4, 0.5) is 5.69 Å². The van der Waals surface area contributed by atoms with E-state index in [-0.39, 0.29) is 10.8 Å². The van der Waals surface area contributed by atoms with Gasteiger partial charge in [-0.1, -0.05) is 38.1 Å². The minimum Gasteiger partial charge on any atom is -0.465 e. The van der Waals surface area contributed by atoms with Gasteiger partial charge < -0.3 is 24.3 Å². The number of methoxy groups -OCH3 is 1. The van der Waals surface area contributed by atoms with Crippen LogP contribution in [0.3, 0.4) is 0 Å². The first-order valence-corrected chi connectivity index (χ1v) is 17.0. The number of carbonyl (C=O) groups excluding carboxylic acids is 1. The number of pyridine rings is 1. The smallest absolute Gasteiger partial charge is 0.341 e. The number of carbonyl (C=O) groups is 1. The Hall–Kier alpha value is -3.65. The summed E-state index contributed by atoms with van der Waals surface area (Å²) in [7, 11) is 8.85. The molecule has 1 aliphatic carbocycles. The number of nitrogens with zero attached hydrogens (tertiary/aromatic N) is 3. The minimum atomic E-state index is -0.414. The van der Waals surface area contributed by atoms with Gasteiger partial charge in [-0.2, -0.15) is 0 Å². The number of anilines is 1. The number of benzene rings is 2. The number of piperidine rings is 1. The topological polar surface area (TPSA) is 70.7 Å². The maximum absolute atomic E-state index is 12.6. The number of ether oxygens (including phenoxy) is 2. The van der Waals surface area contributed by atoms with Crippen molar-refractivity contribution in [2.75, 3.05) is 25.1 Å². The summed E-state index contributed by atoms with van der Waals surface area (Å²) in [6.07, 6.45) is 10.9. The van der Waals surface area contributed by atoms with Gasteiger partial charge in [0.05, 0.1) is 13.3 Å². The minimum absolute atomic E-state index is 0.0658. The number of likely N-dealkylation sites (tertiary alicyclic amines) is 1. The van der Waals surface area contributed by atoms with Gasteiger partial charge in [-0.05, 0) is 90.6 Å². The molecule has 7 nitrogen and oxygen atoms in total. The summed E-state index contributed by atoms with van der Waals surface area (Å²) in [4.78, 5) is 25.6. The molecule has 0 radical (unpaired) electrons. The molecular formula is C36H45B3N4O3. The Kier molecular flexibility index (Phi) is 7.78. The summed E-state index contributed by atoms with van der Waals surface area (Å²) >= 11 is 0. The van der Waals surface area contributed by atoms with Crippen LogP contribution < -0.4 is 9.64 Å². The fourth-order valence-electron chi connectivity index (χ4n) is 9.05. The number of H-pyrrole nitrogens is 1. The van der Waals surface area contributed by atoms with Crippen molar-refractivity contribution in [1.82, 2.24) is 14.9 Å². The third kappa shape index (κ3) is 5.32. The van der Waals surface area contributed by atoms with Crippen LogP contribution in [0, 0.1) is 5.41 Å². The van der Waals surface area contributed by atoms with Crippen molar-refractivity contribution < 1.29 is 14.3 Å². The molecule has 2 aliphatic heterocycles. The highest BCUT2D eigenvalue weighted by atomic mass is 16.5. The highest BCUT2D eigenvalue weighted by Gasteiger charge is 2.57. The van der Waals surface area contributed by atoms with Crippen LogP contribution in [-0.2, 0) is 10.2 Å². The number of nitrogens with one attached hydrogen (secondary N) is 1. The molecule has 3 aliphatic rings. The molecule has 2 saturated heterocycles. The molecule has 1 N–H and O–H groups in total. The van der Waals surface area contributed by atoms with E-state index in [1.165, 1.54) is 56.8 Å². The zero-order chi connectivity index (χ0) is 32.3. The van der Waals surface area contributed by atoms with Gasteiger partial charge in [-0.25, -0.2) is 9.78 Å². The van der Waals surface area contributed by atoms with Crippen molar-refractivity contribution in [3.8, 4) is 11.5 Å². The molecule has 1 unspecified atom stereocenters. The van der Waals surface area contributed by atoms with Crippen molar-refractivity contribution in [1.29, 1.82) is 0 Å². The van der Waals surface area contributed by atoms with Crippen molar-refractivity contribution in [3.63, 3.8) is 0 Å². The van der Waals surface area contributed by atoms with Crippen LogP contribution in [0.2, 0.25) is 0 Å². The van der Waals surface area contributed by atoms with Gasteiger partial charge in [0.2, 0.25) is 0 Å². The molecule has 1 saturated carbocycles. The van der Waals surface area contributed by atoms with Gasteiger partial charge in [0.15, 0.2) is 0 Å². The summed E-state index contributed by atoms with van der Waals surface area (Å²) in [6.45, 7) is 6.65. The Balaban J connectivity index is 1.06. The third-order valence-corrected chi connectivity index (χ3v) is 11.4. The SMILES string of the molecule is BC1(B)CCC(B)(c2ccccc2C(C)C)N1C1CC2(CCN(c3ccc(C(=O)OC)c(Oc4cnc5[nH]ccc5c4)c3)CC2)C1. The van der Waals surface area contributed by atoms with Crippen molar-refractivity contribution in [3.05, 3.63) is 83.7 Å². The second kappa shape index (κ2) is 11.6. The van der Waals surface area contributed by atoms with Gasteiger partial charge in [-0.3, -0.25) is 0 Å². The predicted octanol–water partition coefficient (Wildman–Crippen LogP) is 4.52. The molecule has 2 aromatic carbocycles. The molecule has 10 heteroatoms. The van der Waals surface area contributed by atoms with Gasteiger partial charge in [0.1, 0.15) is 46.2 Å². The summed E-state index contributed by atoms with van der Waals surface area (Å²) in [5.74, 6) is 1.17. The summed E-state index contributed by atoms with van der Waals surface area (Å²) in [6, 6.07) is 19.5. The van der Waals surface area contributed by atoms with Crippen LogP contribution in [0.25, 0.3) is 11.0 Å². The molecule has 2 aromatic heterocycles. The Labute approximate surface area is 275 Å². The molecule has 1 atom stereocenters. The maximum atomic E-state index is 12.6. The van der Waals surface area contributed by atoms with E-state index in [0.29, 0.717) is 34.4 Å². The first kappa shape index (κ1) is 31.0. The largest absolute Gasteiger partial charge is 0.465 e. The second-order valence-electron chi connectivity index (χ2n) is 15.1. The number of hydrogen-bond acceptors (Lipinski definition) is 6. The Bertz CT molecular complexity index is 1760. The normalized spacial score (nSPS) is 22.7. The first-order chi connectivity index (χ1) is 22.0. The first-order valence-electron chi connectivity index (χ1n) is 17.0. The lowest BCUT2D eigenvalue weighted by molar-refractivity contribution is -0.0446.